The molecule has 4 aliphatic carbocycles. The van der Waals surface area contributed by atoms with Crippen molar-refractivity contribution >= 4 is 65.4 Å². The predicted molar refractivity (Wildman–Crippen MR) is 285 cm³/mol. The van der Waals surface area contributed by atoms with E-state index in [1.807, 2.05) is 0 Å². The smallest absolute Gasteiger partial charge is 0.147 e. The summed E-state index contributed by atoms with van der Waals surface area (Å²) in [6.07, 6.45) is 27.4. The van der Waals surface area contributed by atoms with Gasteiger partial charge in [0, 0.05) is 0 Å². The molecule has 0 aliphatic heterocycles. The molecule has 2 atom stereocenters. The van der Waals surface area contributed by atoms with Gasteiger partial charge in [-0.2, -0.15) is 0 Å². The Morgan fingerprint density at radius 1 is 0.469 bits per heavy atom. The van der Waals surface area contributed by atoms with Crippen LogP contribution < -0.4 is 0 Å². The number of allylic oxidation sites excluding steroid dienone is 2. The maximum Gasteiger partial charge on any atom is -0.147 e. The summed E-state index contributed by atoms with van der Waals surface area (Å²) in [7, 11) is 0. The van der Waals surface area contributed by atoms with Crippen molar-refractivity contribution < 1.29 is 17.4 Å². The van der Waals surface area contributed by atoms with Gasteiger partial charge in [-0.1, -0.05) is 0 Å². The van der Waals surface area contributed by atoms with Crippen LogP contribution in [0.5, 0.6) is 0 Å². The van der Waals surface area contributed by atoms with Gasteiger partial charge in [-0.3, -0.25) is 0 Å². The summed E-state index contributed by atoms with van der Waals surface area (Å²) < 4.78 is 6.88. The maximum absolute atomic E-state index is 4.04. The summed E-state index contributed by atoms with van der Waals surface area (Å²) in [6, 6.07) is 47.2. The first-order valence-corrected chi connectivity index (χ1v) is 38.5. The number of rotatable bonds is 10. The second-order valence-electron chi connectivity index (χ2n) is 21.9. The quantitative estimate of drug-likeness (QED) is 0.0948. The molecule has 0 heterocycles. The maximum atomic E-state index is 2.93. The van der Waals surface area contributed by atoms with Crippen LogP contribution in [0.4, 0.5) is 0 Å². The van der Waals surface area contributed by atoms with Gasteiger partial charge in [-0.25, -0.2) is 0 Å². The van der Waals surface area contributed by atoms with Crippen molar-refractivity contribution in [1.82, 2.24) is 0 Å². The summed E-state index contributed by atoms with van der Waals surface area (Å²) in [6.45, 7) is 7.65. The van der Waals surface area contributed by atoms with Crippen LogP contribution in [0.15, 0.2) is 132 Å². The van der Waals surface area contributed by atoms with Crippen molar-refractivity contribution in [3.63, 3.8) is 0 Å². The second kappa shape index (κ2) is 18.9. The Bertz CT molecular complexity index is 2600. The van der Waals surface area contributed by atoms with Crippen LogP contribution in [0.2, 0.25) is 9.26 Å². The van der Waals surface area contributed by atoms with E-state index in [1.54, 1.807) is 22.3 Å². The number of halogens is 2. The van der Waals surface area contributed by atoms with Crippen molar-refractivity contribution in [1.29, 1.82) is 0 Å². The van der Waals surface area contributed by atoms with Crippen molar-refractivity contribution in [3.8, 4) is 22.3 Å². The number of hydrogen-bond acceptors (Lipinski definition) is 0. The fourth-order valence-electron chi connectivity index (χ4n) is 14.0. The van der Waals surface area contributed by atoms with Gasteiger partial charge >= 0.3 is 379 Å². The third kappa shape index (κ3) is 8.70. The Balaban J connectivity index is 0.00000280. The van der Waals surface area contributed by atoms with Crippen LogP contribution in [0.3, 0.4) is 0 Å². The molecular weight excluding hydrogens is 911 g/mol. The number of fused-ring (bicyclic) bond motifs is 4. The van der Waals surface area contributed by atoms with E-state index in [2.05, 4.69) is 163 Å². The van der Waals surface area contributed by atoms with E-state index in [1.165, 1.54) is 158 Å². The normalized spacial score (nSPS) is 20.5. The predicted octanol–water partition coefficient (Wildman–Crippen LogP) is 18.4. The van der Waals surface area contributed by atoms with E-state index in [4.69, 9.17) is 0 Å². The standard InChI is InChI=1S/2C29H31.2CH3.2ClH.H2Si.Zr/c2*1-2-29(16-7-3-4-8-17-29)21-22-18-25-12-9-13-27(28(25)19-22)26-15-14-23-10-5-6-11-24(23)20-26;;;;;;/h2*5-6,9-15,18-20H,2-4,7-8,16-17,21H2,1H3;2*1H3;2*1H;1H2;. The minimum atomic E-state index is -4.04. The molecule has 64 heavy (non-hydrogen) atoms. The Labute approximate surface area is 400 Å². The van der Waals surface area contributed by atoms with E-state index in [-0.39, 0.29) is 24.8 Å². The van der Waals surface area contributed by atoms with Gasteiger partial charge in [0.15, 0.2) is 0 Å². The fraction of sp³-hybridized carbons (Fsp3) is 0.400. The van der Waals surface area contributed by atoms with Crippen molar-refractivity contribution in [2.24, 2.45) is 10.8 Å². The zero-order valence-corrected chi connectivity index (χ0v) is 44.7. The monoisotopic (exact) mass is 980 g/mol. The summed E-state index contributed by atoms with van der Waals surface area (Å²) in [4.78, 5) is 0. The first kappa shape index (κ1) is 47.5. The van der Waals surface area contributed by atoms with E-state index in [0.717, 1.165) is 0 Å². The molecule has 6 aromatic carbocycles. The van der Waals surface area contributed by atoms with Crippen LogP contribution in [0.1, 0.15) is 146 Å². The zero-order valence-electron chi connectivity index (χ0n) is 39.2. The molecule has 334 valence electrons. The van der Waals surface area contributed by atoms with E-state index < -0.39 is 17.4 Å². The Morgan fingerprint density at radius 2 is 0.844 bits per heavy atom. The first-order chi connectivity index (χ1) is 30.1. The average Bonchev–Trinajstić information content (AvgIpc) is 3.65. The largest absolute Gasteiger partial charge is 0.147 e. The zero-order chi connectivity index (χ0) is 42.6. The van der Waals surface area contributed by atoms with Crippen molar-refractivity contribution in [2.75, 3.05) is 0 Å². The summed E-state index contributed by atoms with van der Waals surface area (Å²) in [5.41, 5.74) is 16.3. The molecule has 2 unspecified atom stereocenters. The van der Waals surface area contributed by atoms with Crippen molar-refractivity contribution in [3.05, 3.63) is 155 Å². The van der Waals surface area contributed by atoms with Crippen molar-refractivity contribution in [2.45, 2.75) is 133 Å². The van der Waals surface area contributed by atoms with Gasteiger partial charge in [-0.05, 0) is 0 Å². The topological polar surface area (TPSA) is 0 Å². The molecule has 0 radical (unpaired) electrons. The Hall–Kier alpha value is -3.00. The molecule has 2 saturated carbocycles. The fourth-order valence-corrected chi connectivity index (χ4v) is 33.7. The summed E-state index contributed by atoms with van der Waals surface area (Å²) >= 11 is -4.04. The van der Waals surface area contributed by atoms with Gasteiger partial charge in [-0.15, -0.1) is 24.8 Å². The molecule has 4 heteroatoms. The van der Waals surface area contributed by atoms with Gasteiger partial charge in [0.1, 0.15) is 0 Å². The molecule has 0 bridgehead atoms. The second-order valence-corrected chi connectivity index (χ2v) is 52.3. The molecular formula is C60H72Cl2SiZr. The Morgan fingerprint density at radius 3 is 1.22 bits per heavy atom. The van der Waals surface area contributed by atoms with E-state index >= 15 is 0 Å². The molecule has 0 amide bonds. The molecule has 0 N–H and O–H groups in total. The number of benzene rings is 6. The first-order valence-electron chi connectivity index (χ1n) is 24.8. The van der Waals surface area contributed by atoms with Gasteiger partial charge in [0.2, 0.25) is 0 Å². The van der Waals surface area contributed by atoms with Crippen LogP contribution in [0, 0.1) is 10.8 Å². The van der Waals surface area contributed by atoms with Gasteiger partial charge < -0.3 is 0 Å². The van der Waals surface area contributed by atoms with E-state index in [9.17, 15) is 0 Å². The molecule has 4 aliphatic rings. The number of hydrogen-bond donors (Lipinski definition) is 0. The third-order valence-corrected chi connectivity index (χ3v) is 34.8. The van der Waals surface area contributed by atoms with Gasteiger partial charge in [0.25, 0.3) is 0 Å². The molecule has 0 spiro atoms. The average molecular weight is 983 g/mol. The molecule has 10 rings (SSSR count). The van der Waals surface area contributed by atoms with E-state index in [0.29, 0.717) is 18.1 Å². The van der Waals surface area contributed by atoms with Gasteiger partial charge in [0.05, 0.1) is 0 Å². The summed E-state index contributed by atoms with van der Waals surface area (Å²) in [5, 5.41) is 5.31. The molecule has 2 fully saturated rings. The Kier molecular flexibility index (Phi) is 14.1. The summed E-state index contributed by atoms with van der Waals surface area (Å²) in [5.74, 6) is 0. The minimum absolute atomic E-state index is 0. The van der Waals surface area contributed by atoms with Crippen LogP contribution >= 0.6 is 24.8 Å². The van der Waals surface area contributed by atoms with Crippen LogP contribution in [0.25, 0.3) is 56.0 Å². The SMILES string of the molecule is CCC1(CC2=Cc3c(-c4ccc5ccccc5c4)cccc3[CH]2[Zr]([CH3])([CH3])(=[SiH2])[CH]2C(CC3(CC)CCCCCC3)=Cc3c(-c4ccc5ccccc5c4)cccc32)CCCCCC1.Cl.Cl. The molecule has 0 aromatic heterocycles. The van der Waals surface area contributed by atoms with Crippen LogP contribution in [-0.4, -0.2) is 6.88 Å². The molecule has 0 nitrogen and oxygen atoms in total. The van der Waals surface area contributed by atoms with Crippen LogP contribution in [-0.2, 0) is 17.4 Å². The molecule has 6 aromatic rings. The third-order valence-electron chi connectivity index (χ3n) is 17.3. The minimum Gasteiger partial charge on any atom is -0.147 e. The molecule has 0 saturated heterocycles.